The number of aryl methyl sites for hydroxylation is 1. The Labute approximate surface area is 150 Å². The number of fused-ring (bicyclic) bond motifs is 3. The standard InChI is InChI=1S/C21H15N3S/c1-3-14(12-22-8-1)18-11-19(15-4-2-9-23-13-15)24-21-16(18)5-6-20-17(21)7-10-25-20/h1-4,7-13H,5-6H2. The van der Waals surface area contributed by atoms with Gasteiger partial charge in [0.1, 0.15) is 0 Å². The van der Waals surface area contributed by atoms with E-state index < -0.39 is 0 Å². The monoisotopic (exact) mass is 341 g/mol. The van der Waals surface area contributed by atoms with Crippen LogP contribution in [0.3, 0.4) is 0 Å². The second kappa shape index (κ2) is 5.90. The largest absolute Gasteiger partial charge is 0.264 e. The lowest BCUT2D eigenvalue weighted by Gasteiger charge is -2.20. The second-order valence-electron chi connectivity index (χ2n) is 6.12. The molecule has 0 fully saturated rings. The van der Waals surface area contributed by atoms with Gasteiger partial charge >= 0.3 is 0 Å². The molecule has 0 N–H and O–H groups in total. The maximum Gasteiger partial charge on any atom is 0.0758 e. The first-order valence-electron chi connectivity index (χ1n) is 8.31. The van der Waals surface area contributed by atoms with Gasteiger partial charge in [-0.3, -0.25) is 9.97 Å². The van der Waals surface area contributed by atoms with Crippen molar-refractivity contribution in [2.24, 2.45) is 0 Å². The zero-order valence-electron chi connectivity index (χ0n) is 13.5. The Morgan fingerprint density at radius 1 is 0.840 bits per heavy atom. The molecule has 0 saturated heterocycles. The van der Waals surface area contributed by atoms with Crippen LogP contribution in [0, 0.1) is 0 Å². The summed E-state index contributed by atoms with van der Waals surface area (Å²) in [5.74, 6) is 0. The lowest BCUT2D eigenvalue weighted by Crippen LogP contribution is -2.06. The van der Waals surface area contributed by atoms with Crippen LogP contribution in [0.15, 0.2) is 66.6 Å². The van der Waals surface area contributed by atoms with Gasteiger partial charge in [0, 0.05) is 46.4 Å². The molecule has 4 aromatic rings. The SMILES string of the molecule is c1cncc(-c2cc(-c3cccnc3)c3c(n2)-c2ccsc2CC3)c1. The number of hydrogen-bond acceptors (Lipinski definition) is 4. The van der Waals surface area contributed by atoms with Crippen molar-refractivity contribution in [3.63, 3.8) is 0 Å². The van der Waals surface area contributed by atoms with Gasteiger partial charge < -0.3 is 0 Å². The van der Waals surface area contributed by atoms with E-state index in [0.717, 1.165) is 35.4 Å². The van der Waals surface area contributed by atoms with Crippen LogP contribution in [0.4, 0.5) is 0 Å². The predicted octanol–water partition coefficient (Wildman–Crippen LogP) is 5.03. The molecule has 4 heterocycles. The molecular formula is C21H15N3S. The van der Waals surface area contributed by atoms with Crippen molar-refractivity contribution in [2.45, 2.75) is 12.8 Å². The highest BCUT2D eigenvalue weighted by Gasteiger charge is 2.23. The Bertz CT molecular complexity index is 1040. The summed E-state index contributed by atoms with van der Waals surface area (Å²) in [6.45, 7) is 0. The predicted molar refractivity (Wildman–Crippen MR) is 101 cm³/mol. The Morgan fingerprint density at radius 3 is 2.40 bits per heavy atom. The Balaban J connectivity index is 1.80. The summed E-state index contributed by atoms with van der Waals surface area (Å²) in [4.78, 5) is 15.0. The first kappa shape index (κ1) is 14.5. The molecule has 0 aliphatic heterocycles. The Hall–Kier alpha value is -2.85. The summed E-state index contributed by atoms with van der Waals surface area (Å²) < 4.78 is 0. The minimum absolute atomic E-state index is 0.963. The van der Waals surface area contributed by atoms with E-state index >= 15 is 0 Å². The zero-order chi connectivity index (χ0) is 16.6. The van der Waals surface area contributed by atoms with E-state index in [0.29, 0.717) is 0 Å². The first-order chi connectivity index (χ1) is 12.4. The van der Waals surface area contributed by atoms with Gasteiger partial charge in [-0.2, -0.15) is 0 Å². The van der Waals surface area contributed by atoms with Crippen molar-refractivity contribution >= 4 is 11.3 Å². The van der Waals surface area contributed by atoms with Gasteiger partial charge in [0.2, 0.25) is 0 Å². The number of thiophene rings is 1. The first-order valence-corrected chi connectivity index (χ1v) is 9.19. The van der Waals surface area contributed by atoms with Crippen LogP contribution < -0.4 is 0 Å². The van der Waals surface area contributed by atoms with Crippen LogP contribution >= 0.6 is 11.3 Å². The zero-order valence-corrected chi connectivity index (χ0v) is 14.3. The van der Waals surface area contributed by atoms with Crippen molar-refractivity contribution in [3.8, 4) is 33.6 Å². The summed E-state index contributed by atoms with van der Waals surface area (Å²) in [7, 11) is 0. The molecule has 120 valence electrons. The topological polar surface area (TPSA) is 38.7 Å². The molecule has 0 atom stereocenters. The summed E-state index contributed by atoms with van der Waals surface area (Å²) >= 11 is 1.83. The van der Waals surface area contributed by atoms with Crippen LogP contribution in [0.5, 0.6) is 0 Å². The van der Waals surface area contributed by atoms with Gasteiger partial charge in [0.25, 0.3) is 0 Å². The average molecular weight is 341 g/mol. The minimum Gasteiger partial charge on any atom is -0.264 e. The smallest absolute Gasteiger partial charge is 0.0758 e. The molecule has 5 rings (SSSR count). The highest BCUT2D eigenvalue weighted by atomic mass is 32.1. The van der Waals surface area contributed by atoms with Crippen LogP contribution in [-0.4, -0.2) is 15.0 Å². The van der Waals surface area contributed by atoms with E-state index in [1.165, 1.54) is 21.6 Å². The van der Waals surface area contributed by atoms with Gasteiger partial charge in [-0.15, -0.1) is 11.3 Å². The summed E-state index contributed by atoms with van der Waals surface area (Å²) in [5.41, 5.74) is 8.10. The average Bonchev–Trinajstić information content (AvgIpc) is 3.18. The maximum absolute atomic E-state index is 5.03. The van der Waals surface area contributed by atoms with E-state index in [-0.39, 0.29) is 0 Å². The number of aromatic nitrogens is 3. The number of rotatable bonds is 2. The van der Waals surface area contributed by atoms with Gasteiger partial charge in [-0.25, -0.2) is 4.98 Å². The van der Waals surface area contributed by atoms with Crippen LogP contribution in [0.25, 0.3) is 33.6 Å². The molecule has 3 nitrogen and oxygen atoms in total. The van der Waals surface area contributed by atoms with Crippen molar-refractivity contribution in [1.29, 1.82) is 0 Å². The normalized spacial score (nSPS) is 12.5. The molecule has 1 aliphatic carbocycles. The van der Waals surface area contributed by atoms with E-state index in [2.05, 4.69) is 39.6 Å². The maximum atomic E-state index is 5.03. The molecule has 0 saturated carbocycles. The minimum atomic E-state index is 0.963. The lowest BCUT2D eigenvalue weighted by atomic mass is 9.88. The summed E-state index contributed by atoms with van der Waals surface area (Å²) in [6, 6.07) is 12.5. The van der Waals surface area contributed by atoms with E-state index in [4.69, 9.17) is 4.98 Å². The fraction of sp³-hybridized carbons (Fsp3) is 0.0952. The van der Waals surface area contributed by atoms with E-state index in [1.807, 2.05) is 42.1 Å². The highest BCUT2D eigenvalue weighted by molar-refractivity contribution is 7.10. The molecule has 0 spiro atoms. The second-order valence-corrected chi connectivity index (χ2v) is 7.12. The molecule has 0 radical (unpaired) electrons. The fourth-order valence-electron chi connectivity index (χ4n) is 3.47. The van der Waals surface area contributed by atoms with Crippen molar-refractivity contribution in [2.75, 3.05) is 0 Å². The third-order valence-corrected chi connectivity index (χ3v) is 5.64. The van der Waals surface area contributed by atoms with Gasteiger partial charge in [-0.1, -0.05) is 6.07 Å². The molecule has 0 amide bonds. The number of nitrogens with zero attached hydrogens (tertiary/aromatic N) is 3. The molecule has 1 aliphatic rings. The molecule has 0 unspecified atom stereocenters. The lowest BCUT2D eigenvalue weighted by molar-refractivity contribution is 0.951. The van der Waals surface area contributed by atoms with Crippen LogP contribution in [0.1, 0.15) is 10.4 Å². The third-order valence-electron chi connectivity index (χ3n) is 4.66. The van der Waals surface area contributed by atoms with Crippen molar-refractivity contribution in [1.82, 2.24) is 15.0 Å². The van der Waals surface area contributed by atoms with Crippen LogP contribution in [-0.2, 0) is 12.8 Å². The fourth-order valence-corrected chi connectivity index (χ4v) is 4.35. The van der Waals surface area contributed by atoms with Crippen molar-refractivity contribution in [3.05, 3.63) is 77.0 Å². The molecular weight excluding hydrogens is 326 g/mol. The highest BCUT2D eigenvalue weighted by Crippen LogP contribution is 2.41. The third kappa shape index (κ3) is 2.46. The molecule has 25 heavy (non-hydrogen) atoms. The quantitative estimate of drug-likeness (QED) is 0.513. The van der Waals surface area contributed by atoms with Gasteiger partial charge in [0.05, 0.1) is 11.4 Å². The molecule has 4 aromatic heterocycles. The molecule has 0 aromatic carbocycles. The van der Waals surface area contributed by atoms with Gasteiger partial charge in [-0.05, 0) is 59.7 Å². The Kier molecular flexibility index (Phi) is 3.42. The summed E-state index contributed by atoms with van der Waals surface area (Å²) in [5, 5.41) is 2.17. The van der Waals surface area contributed by atoms with Crippen LogP contribution in [0.2, 0.25) is 0 Å². The Morgan fingerprint density at radius 2 is 1.64 bits per heavy atom. The van der Waals surface area contributed by atoms with Crippen molar-refractivity contribution < 1.29 is 0 Å². The van der Waals surface area contributed by atoms with E-state index in [1.54, 1.807) is 6.20 Å². The summed E-state index contributed by atoms with van der Waals surface area (Å²) in [6.07, 6.45) is 9.52. The number of pyridine rings is 3. The van der Waals surface area contributed by atoms with Gasteiger partial charge in [0.15, 0.2) is 0 Å². The molecule has 0 bridgehead atoms. The molecule has 4 heteroatoms. The number of hydrogen-bond donors (Lipinski definition) is 0. The van der Waals surface area contributed by atoms with E-state index in [9.17, 15) is 0 Å².